The van der Waals surface area contributed by atoms with Gasteiger partial charge in [0.1, 0.15) is 4.21 Å². The van der Waals surface area contributed by atoms with Gasteiger partial charge in [-0.05, 0) is 74.6 Å². The van der Waals surface area contributed by atoms with E-state index in [4.69, 9.17) is 22.1 Å². The number of primary amides is 1. The average Bonchev–Trinajstić information content (AvgIpc) is 3.34. The first-order valence-electron chi connectivity index (χ1n) is 10.4. The van der Waals surface area contributed by atoms with Crippen molar-refractivity contribution in [2.24, 2.45) is 11.7 Å². The summed E-state index contributed by atoms with van der Waals surface area (Å²) in [6.45, 7) is 2.14. The number of piperidine rings is 1. The van der Waals surface area contributed by atoms with E-state index >= 15 is 0 Å². The molecule has 2 aliphatic rings. The molecule has 4 rings (SSSR count). The number of hydrogen-bond donors (Lipinski definition) is 1. The fourth-order valence-corrected chi connectivity index (χ4v) is 8.08. The summed E-state index contributed by atoms with van der Waals surface area (Å²) < 4.78 is 34.9. The molecule has 2 N–H and O–H groups in total. The molecular formula is C21H25ClN2O5S2. The molecule has 0 bridgehead atoms. The molecule has 1 saturated heterocycles. The predicted molar refractivity (Wildman–Crippen MR) is 120 cm³/mol. The van der Waals surface area contributed by atoms with Crippen molar-refractivity contribution < 1.29 is 22.7 Å². The van der Waals surface area contributed by atoms with Crippen molar-refractivity contribution in [3.63, 3.8) is 0 Å². The number of thiophene rings is 1. The van der Waals surface area contributed by atoms with E-state index in [-0.39, 0.29) is 10.8 Å². The topological polar surface area (TPSA) is 107 Å². The lowest BCUT2D eigenvalue weighted by molar-refractivity contribution is -0.171. The first kappa shape index (κ1) is 22.5. The lowest BCUT2D eigenvalue weighted by atomic mass is 9.97. The maximum absolute atomic E-state index is 13.4. The summed E-state index contributed by atoms with van der Waals surface area (Å²) in [6, 6.07) is 5.32. The molecule has 31 heavy (non-hydrogen) atoms. The van der Waals surface area contributed by atoms with Gasteiger partial charge in [0.25, 0.3) is 15.9 Å². The molecule has 10 heteroatoms. The van der Waals surface area contributed by atoms with Gasteiger partial charge in [-0.2, -0.15) is 4.31 Å². The third-order valence-corrected chi connectivity index (χ3v) is 10.3. The SMILES string of the molecule is Cc1c(S(=O)(=O)N2CCCC(C(=O)OC3(C(N)=O)CCCC3)C2)sc2ccc(Cl)cc12. The second kappa shape index (κ2) is 8.35. The molecule has 1 atom stereocenters. The number of esters is 1. The normalized spacial score (nSPS) is 21.9. The lowest BCUT2D eigenvalue weighted by Gasteiger charge is -2.33. The van der Waals surface area contributed by atoms with Crippen molar-refractivity contribution in [1.29, 1.82) is 0 Å². The van der Waals surface area contributed by atoms with E-state index in [1.54, 1.807) is 19.1 Å². The van der Waals surface area contributed by atoms with E-state index in [1.165, 1.54) is 15.6 Å². The van der Waals surface area contributed by atoms with E-state index in [2.05, 4.69) is 0 Å². The number of nitrogens with zero attached hydrogens (tertiary/aromatic N) is 1. The number of carbonyl (C=O) groups is 2. The Morgan fingerprint density at radius 3 is 2.65 bits per heavy atom. The van der Waals surface area contributed by atoms with Gasteiger partial charge >= 0.3 is 5.97 Å². The van der Waals surface area contributed by atoms with Crippen LogP contribution in [0.1, 0.15) is 44.1 Å². The smallest absolute Gasteiger partial charge is 0.311 e. The van der Waals surface area contributed by atoms with Crippen LogP contribution >= 0.6 is 22.9 Å². The number of hydrogen-bond acceptors (Lipinski definition) is 6. The maximum Gasteiger partial charge on any atom is 0.311 e. The molecule has 1 unspecified atom stereocenters. The second-order valence-electron chi connectivity index (χ2n) is 8.34. The van der Waals surface area contributed by atoms with Crippen LogP contribution in [0.5, 0.6) is 0 Å². The monoisotopic (exact) mass is 484 g/mol. The lowest BCUT2D eigenvalue weighted by Crippen LogP contribution is -2.49. The Balaban J connectivity index is 1.56. The van der Waals surface area contributed by atoms with Gasteiger partial charge in [0.05, 0.1) is 5.92 Å². The molecule has 1 aromatic heterocycles. The van der Waals surface area contributed by atoms with Crippen LogP contribution in [-0.4, -0.2) is 43.3 Å². The molecule has 0 radical (unpaired) electrons. The number of ether oxygens (including phenoxy) is 1. The molecule has 1 aromatic carbocycles. The van der Waals surface area contributed by atoms with Gasteiger partial charge in [-0.3, -0.25) is 9.59 Å². The number of halogens is 1. The summed E-state index contributed by atoms with van der Waals surface area (Å²) in [5.41, 5.74) is 4.92. The van der Waals surface area contributed by atoms with Gasteiger partial charge in [0.15, 0.2) is 5.60 Å². The molecule has 1 aliphatic carbocycles. The van der Waals surface area contributed by atoms with E-state index in [9.17, 15) is 18.0 Å². The standard InChI is InChI=1S/C21H25ClN2O5S2/c1-13-16-11-15(22)6-7-17(16)30-19(13)31(27,28)24-10-4-5-14(12-24)18(25)29-21(20(23)26)8-2-3-9-21/h6-7,11,14H,2-5,8-10,12H2,1H3,(H2,23,26). The highest BCUT2D eigenvalue weighted by molar-refractivity contribution is 7.91. The average molecular weight is 485 g/mol. The van der Waals surface area contributed by atoms with E-state index in [1.807, 2.05) is 6.07 Å². The number of carbonyl (C=O) groups excluding carboxylic acids is 2. The molecule has 1 amide bonds. The quantitative estimate of drug-likeness (QED) is 0.652. The first-order valence-corrected chi connectivity index (χ1v) is 13.0. The zero-order valence-electron chi connectivity index (χ0n) is 17.2. The highest BCUT2D eigenvalue weighted by atomic mass is 35.5. The summed E-state index contributed by atoms with van der Waals surface area (Å²) in [4.78, 5) is 24.8. The molecule has 168 valence electrons. The van der Waals surface area contributed by atoms with Crippen molar-refractivity contribution in [2.75, 3.05) is 13.1 Å². The molecule has 7 nitrogen and oxygen atoms in total. The molecule has 0 spiro atoms. The minimum Gasteiger partial charge on any atom is -0.449 e. The van der Waals surface area contributed by atoms with Crippen molar-refractivity contribution in [2.45, 2.75) is 55.3 Å². The van der Waals surface area contributed by atoms with Crippen LogP contribution in [0.25, 0.3) is 10.1 Å². The van der Waals surface area contributed by atoms with Crippen LogP contribution in [-0.2, 0) is 24.3 Å². The molecule has 2 heterocycles. The van der Waals surface area contributed by atoms with Gasteiger partial charge in [-0.1, -0.05) is 11.6 Å². The summed E-state index contributed by atoms with van der Waals surface area (Å²) >= 11 is 7.29. The summed E-state index contributed by atoms with van der Waals surface area (Å²) in [7, 11) is -3.78. The minimum atomic E-state index is -3.78. The summed E-state index contributed by atoms with van der Waals surface area (Å²) in [5.74, 6) is -1.79. The highest BCUT2D eigenvalue weighted by Crippen LogP contribution is 2.39. The van der Waals surface area contributed by atoms with Crippen LogP contribution in [0, 0.1) is 12.8 Å². The fraction of sp³-hybridized carbons (Fsp3) is 0.524. The summed E-state index contributed by atoms with van der Waals surface area (Å²) in [6.07, 6.45) is 3.45. The van der Waals surface area contributed by atoms with Crippen LogP contribution < -0.4 is 5.73 Å². The van der Waals surface area contributed by atoms with Crippen LogP contribution in [0.2, 0.25) is 5.02 Å². The molecular weight excluding hydrogens is 460 g/mol. The second-order valence-corrected chi connectivity index (χ2v) is 12.0. The number of benzene rings is 1. The van der Waals surface area contributed by atoms with Gasteiger partial charge < -0.3 is 10.5 Å². The Labute approximate surface area is 190 Å². The zero-order valence-corrected chi connectivity index (χ0v) is 19.6. The molecule has 1 saturated carbocycles. The Hall–Kier alpha value is -1.68. The van der Waals surface area contributed by atoms with Gasteiger partial charge in [-0.15, -0.1) is 11.3 Å². The Morgan fingerprint density at radius 2 is 1.97 bits per heavy atom. The van der Waals surface area contributed by atoms with Crippen LogP contribution in [0.15, 0.2) is 22.4 Å². The number of aryl methyl sites for hydroxylation is 1. The molecule has 2 aromatic rings. The van der Waals surface area contributed by atoms with Crippen molar-refractivity contribution >= 4 is 54.9 Å². The van der Waals surface area contributed by atoms with E-state index in [0.717, 1.165) is 22.9 Å². The van der Waals surface area contributed by atoms with E-state index in [0.29, 0.717) is 42.8 Å². The largest absolute Gasteiger partial charge is 0.449 e. The molecule has 1 aliphatic heterocycles. The third-order valence-electron chi connectivity index (χ3n) is 6.30. The predicted octanol–water partition coefficient (Wildman–Crippen LogP) is 3.61. The summed E-state index contributed by atoms with van der Waals surface area (Å²) in [5, 5.41) is 1.36. The minimum absolute atomic E-state index is 0.0322. The Morgan fingerprint density at radius 1 is 1.26 bits per heavy atom. The van der Waals surface area contributed by atoms with E-state index < -0.39 is 33.4 Å². The van der Waals surface area contributed by atoms with Gasteiger partial charge in [-0.25, -0.2) is 8.42 Å². The third kappa shape index (κ3) is 4.08. The number of fused-ring (bicyclic) bond motifs is 1. The van der Waals surface area contributed by atoms with Crippen molar-refractivity contribution in [1.82, 2.24) is 4.31 Å². The molecule has 2 fully saturated rings. The van der Waals surface area contributed by atoms with Crippen molar-refractivity contribution in [3.05, 3.63) is 28.8 Å². The highest BCUT2D eigenvalue weighted by Gasteiger charge is 2.45. The van der Waals surface area contributed by atoms with Crippen molar-refractivity contribution in [3.8, 4) is 0 Å². The number of amides is 1. The van der Waals surface area contributed by atoms with Gasteiger partial charge in [0.2, 0.25) is 0 Å². The Bertz CT molecular complexity index is 1140. The zero-order chi connectivity index (χ0) is 22.4. The van der Waals surface area contributed by atoms with Crippen LogP contribution in [0.4, 0.5) is 0 Å². The Kier molecular flexibility index (Phi) is 6.06. The first-order chi connectivity index (χ1) is 14.6. The number of sulfonamides is 1. The number of nitrogens with two attached hydrogens (primary N) is 1. The maximum atomic E-state index is 13.4. The fourth-order valence-electron chi connectivity index (χ4n) is 4.51. The van der Waals surface area contributed by atoms with Crippen LogP contribution in [0.3, 0.4) is 0 Å². The van der Waals surface area contributed by atoms with Gasteiger partial charge in [0, 0.05) is 22.8 Å². The number of rotatable bonds is 5.